The van der Waals surface area contributed by atoms with Crippen molar-refractivity contribution in [1.82, 2.24) is 0 Å². The van der Waals surface area contributed by atoms with Gasteiger partial charge < -0.3 is 14.2 Å². The second-order valence-corrected chi connectivity index (χ2v) is 14.7. The van der Waals surface area contributed by atoms with Crippen molar-refractivity contribution in [2.75, 3.05) is 19.8 Å². The van der Waals surface area contributed by atoms with Crippen molar-refractivity contribution in [3.8, 4) is 0 Å². The van der Waals surface area contributed by atoms with Gasteiger partial charge in [-0.1, -0.05) is 188 Å². The van der Waals surface area contributed by atoms with Crippen LogP contribution in [0.1, 0.15) is 220 Å². The molecule has 0 aromatic heterocycles. The van der Waals surface area contributed by atoms with Crippen LogP contribution in [0.3, 0.4) is 0 Å². The minimum absolute atomic E-state index is 0.280. The van der Waals surface area contributed by atoms with Gasteiger partial charge in [-0.15, -0.1) is 0 Å². The summed E-state index contributed by atoms with van der Waals surface area (Å²) in [6.07, 6.45) is 34.0. The molecule has 0 heterocycles. The van der Waals surface area contributed by atoms with Crippen LogP contribution in [0.25, 0.3) is 0 Å². The maximum absolute atomic E-state index is 13.8. The standard InChI is InChI=1S/C42H78O6/c1-4-7-10-13-16-19-22-25-30-35-46-39(43)38-33-28-29-34-42(38,40(44)47-36-31-26-23-20-17-14-11-8-5-2)41(45)48-37-32-27-24-21-18-15-12-9-6-3/h38H,4-37H2,1-3H3. The summed E-state index contributed by atoms with van der Waals surface area (Å²) in [5, 5.41) is 0. The maximum atomic E-state index is 13.8. The molecule has 0 N–H and O–H groups in total. The molecule has 282 valence electrons. The molecule has 48 heavy (non-hydrogen) atoms. The Morgan fingerprint density at radius 3 is 1.10 bits per heavy atom. The van der Waals surface area contributed by atoms with Gasteiger partial charge in [0.25, 0.3) is 0 Å². The van der Waals surface area contributed by atoms with Crippen LogP contribution < -0.4 is 0 Å². The Morgan fingerprint density at radius 1 is 0.438 bits per heavy atom. The second-order valence-electron chi connectivity index (χ2n) is 14.7. The molecule has 6 nitrogen and oxygen atoms in total. The zero-order chi connectivity index (χ0) is 35.0. The molecule has 0 spiro atoms. The van der Waals surface area contributed by atoms with Gasteiger partial charge in [0.1, 0.15) is 0 Å². The first-order valence-corrected chi connectivity index (χ1v) is 21.1. The van der Waals surface area contributed by atoms with Gasteiger partial charge in [0, 0.05) is 0 Å². The summed E-state index contributed by atoms with van der Waals surface area (Å²) in [5.41, 5.74) is -1.59. The molecule has 0 aromatic rings. The SMILES string of the molecule is CCCCCCCCCCCOC(=O)C1CCCCC1(C(=O)OCCCCCCCCCCC)C(=O)OCCCCCCCCCCC. The van der Waals surface area contributed by atoms with Crippen LogP contribution in [0, 0.1) is 11.3 Å². The van der Waals surface area contributed by atoms with Crippen molar-refractivity contribution in [3.05, 3.63) is 0 Å². The Hall–Kier alpha value is -1.59. The Balaban J connectivity index is 2.65. The Kier molecular flexibility index (Phi) is 29.1. The average Bonchev–Trinajstić information content (AvgIpc) is 3.10. The van der Waals surface area contributed by atoms with Gasteiger partial charge in [0.2, 0.25) is 0 Å². The molecular formula is C42H78O6. The largest absolute Gasteiger partial charge is 0.465 e. The number of hydrogen-bond acceptors (Lipinski definition) is 6. The lowest BCUT2D eigenvalue weighted by Gasteiger charge is -2.38. The highest BCUT2D eigenvalue weighted by Gasteiger charge is 2.59. The summed E-state index contributed by atoms with van der Waals surface area (Å²) in [4.78, 5) is 41.1. The van der Waals surface area contributed by atoms with E-state index in [1.54, 1.807) is 0 Å². The molecule has 1 aliphatic rings. The summed E-state index contributed by atoms with van der Waals surface area (Å²) in [5.74, 6) is -2.43. The van der Waals surface area contributed by atoms with E-state index in [0.29, 0.717) is 19.4 Å². The fourth-order valence-electron chi connectivity index (χ4n) is 7.16. The van der Waals surface area contributed by atoms with Gasteiger partial charge in [-0.05, 0) is 32.1 Å². The van der Waals surface area contributed by atoms with Crippen molar-refractivity contribution >= 4 is 17.9 Å². The van der Waals surface area contributed by atoms with Crippen molar-refractivity contribution < 1.29 is 28.6 Å². The van der Waals surface area contributed by atoms with E-state index >= 15 is 0 Å². The van der Waals surface area contributed by atoms with Crippen LogP contribution in [-0.4, -0.2) is 37.7 Å². The lowest BCUT2D eigenvalue weighted by molar-refractivity contribution is -0.187. The predicted molar refractivity (Wildman–Crippen MR) is 199 cm³/mol. The first kappa shape index (κ1) is 44.4. The molecule has 1 atom stereocenters. The summed E-state index contributed by atoms with van der Waals surface area (Å²) in [6.45, 7) is 7.61. The van der Waals surface area contributed by atoms with E-state index in [1.165, 1.54) is 116 Å². The molecule has 1 aliphatic carbocycles. The topological polar surface area (TPSA) is 78.9 Å². The molecule has 1 rings (SSSR count). The maximum Gasteiger partial charge on any atom is 0.324 e. The number of unbranched alkanes of at least 4 members (excludes halogenated alkanes) is 24. The third-order valence-electron chi connectivity index (χ3n) is 10.4. The highest BCUT2D eigenvalue weighted by Crippen LogP contribution is 2.44. The summed E-state index contributed by atoms with van der Waals surface area (Å²) in [7, 11) is 0. The minimum atomic E-state index is -1.59. The Morgan fingerprint density at radius 2 is 0.750 bits per heavy atom. The minimum Gasteiger partial charge on any atom is -0.465 e. The van der Waals surface area contributed by atoms with Crippen molar-refractivity contribution in [1.29, 1.82) is 0 Å². The van der Waals surface area contributed by atoms with Crippen LogP contribution in [-0.2, 0) is 28.6 Å². The third-order valence-corrected chi connectivity index (χ3v) is 10.4. The van der Waals surface area contributed by atoms with E-state index in [4.69, 9.17) is 14.2 Å². The summed E-state index contributed by atoms with van der Waals surface area (Å²) >= 11 is 0. The van der Waals surface area contributed by atoms with Crippen molar-refractivity contribution in [2.45, 2.75) is 220 Å². The number of esters is 3. The molecule has 0 bridgehead atoms. The van der Waals surface area contributed by atoms with Crippen LogP contribution in [0.4, 0.5) is 0 Å². The molecule has 0 radical (unpaired) electrons. The van der Waals surface area contributed by atoms with Crippen LogP contribution in [0.15, 0.2) is 0 Å². The van der Waals surface area contributed by atoms with E-state index in [2.05, 4.69) is 20.8 Å². The molecule has 0 aliphatic heterocycles. The van der Waals surface area contributed by atoms with E-state index in [-0.39, 0.29) is 19.6 Å². The van der Waals surface area contributed by atoms with Gasteiger partial charge >= 0.3 is 17.9 Å². The van der Waals surface area contributed by atoms with E-state index < -0.39 is 29.2 Å². The number of ether oxygens (including phenoxy) is 3. The molecule has 1 fully saturated rings. The highest BCUT2D eigenvalue weighted by molar-refractivity contribution is 6.04. The predicted octanol–water partition coefficient (Wildman–Crippen LogP) is 12.4. The fourth-order valence-corrected chi connectivity index (χ4v) is 7.16. The highest BCUT2D eigenvalue weighted by atomic mass is 16.6. The van der Waals surface area contributed by atoms with E-state index in [1.807, 2.05) is 0 Å². The lowest BCUT2D eigenvalue weighted by Crippen LogP contribution is -2.52. The van der Waals surface area contributed by atoms with Gasteiger partial charge in [-0.3, -0.25) is 14.4 Å². The molecule has 1 unspecified atom stereocenters. The average molecular weight is 679 g/mol. The first-order chi connectivity index (χ1) is 23.5. The lowest BCUT2D eigenvalue weighted by atomic mass is 9.66. The van der Waals surface area contributed by atoms with Crippen LogP contribution >= 0.6 is 0 Å². The molecule has 6 heteroatoms. The number of carbonyl (C=O) groups excluding carboxylic acids is 3. The molecule has 1 saturated carbocycles. The monoisotopic (exact) mass is 679 g/mol. The smallest absolute Gasteiger partial charge is 0.324 e. The molecule has 0 amide bonds. The first-order valence-electron chi connectivity index (χ1n) is 21.1. The van der Waals surface area contributed by atoms with Gasteiger partial charge in [-0.2, -0.15) is 0 Å². The summed E-state index contributed by atoms with van der Waals surface area (Å²) < 4.78 is 17.4. The van der Waals surface area contributed by atoms with Crippen molar-refractivity contribution in [2.24, 2.45) is 11.3 Å². The third kappa shape index (κ3) is 20.2. The van der Waals surface area contributed by atoms with Gasteiger partial charge in [0.15, 0.2) is 5.41 Å². The Bertz CT molecular complexity index is 744. The molecule has 0 aromatic carbocycles. The summed E-state index contributed by atoms with van der Waals surface area (Å²) in [6, 6.07) is 0. The zero-order valence-electron chi connectivity index (χ0n) is 32.1. The van der Waals surface area contributed by atoms with Crippen molar-refractivity contribution in [3.63, 3.8) is 0 Å². The van der Waals surface area contributed by atoms with E-state index in [0.717, 1.165) is 64.2 Å². The van der Waals surface area contributed by atoms with Gasteiger partial charge in [-0.25, -0.2) is 0 Å². The fraction of sp³-hybridized carbons (Fsp3) is 0.929. The molecular weight excluding hydrogens is 600 g/mol. The molecule has 0 saturated heterocycles. The van der Waals surface area contributed by atoms with Crippen LogP contribution in [0.2, 0.25) is 0 Å². The van der Waals surface area contributed by atoms with Gasteiger partial charge in [0.05, 0.1) is 25.7 Å². The number of carbonyl (C=O) groups is 3. The number of rotatable bonds is 33. The van der Waals surface area contributed by atoms with Crippen LogP contribution in [0.5, 0.6) is 0 Å². The van der Waals surface area contributed by atoms with E-state index in [9.17, 15) is 14.4 Å². The number of hydrogen-bond donors (Lipinski definition) is 0. The Labute approximate surface area is 297 Å². The normalized spacial score (nSPS) is 15.7. The second kappa shape index (κ2) is 31.4. The zero-order valence-corrected chi connectivity index (χ0v) is 32.1. The quantitative estimate of drug-likeness (QED) is 0.0297.